The van der Waals surface area contributed by atoms with E-state index >= 15 is 0 Å². The minimum absolute atomic E-state index is 0.493. The van der Waals surface area contributed by atoms with Gasteiger partial charge in [0.25, 0.3) is 0 Å². The first-order valence-electron chi connectivity index (χ1n) is 7.81. The van der Waals surface area contributed by atoms with Crippen molar-refractivity contribution < 1.29 is 0 Å². The Morgan fingerprint density at radius 2 is 2.00 bits per heavy atom. The first-order chi connectivity index (χ1) is 9.58. The van der Waals surface area contributed by atoms with E-state index in [1.165, 1.54) is 29.5 Å². The number of hydrogen-bond donors (Lipinski definition) is 0. The molecule has 1 unspecified atom stereocenters. The molecule has 1 nitrogen and oxygen atoms in total. The van der Waals surface area contributed by atoms with E-state index in [1.54, 1.807) is 0 Å². The van der Waals surface area contributed by atoms with E-state index in [-0.39, 0.29) is 0 Å². The summed E-state index contributed by atoms with van der Waals surface area (Å²) in [6.07, 6.45) is 7.42. The van der Waals surface area contributed by atoms with Gasteiger partial charge in [0.2, 0.25) is 0 Å². The zero-order valence-electron chi connectivity index (χ0n) is 13.7. The Morgan fingerprint density at radius 3 is 2.60 bits per heavy atom. The van der Waals surface area contributed by atoms with Crippen molar-refractivity contribution in [3.63, 3.8) is 0 Å². The van der Waals surface area contributed by atoms with Crippen LogP contribution in [-0.4, -0.2) is 6.21 Å². The predicted molar refractivity (Wildman–Crippen MR) is 90.6 cm³/mol. The van der Waals surface area contributed by atoms with Gasteiger partial charge in [0.15, 0.2) is 0 Å². The summed E-state index contributed by atoms with van der Waals surface area (Å²) in [6, 6.07) is 9.02. The standard InChI is InChI=1S/C19H29N/c1-6-17-9-8-10-18(13-17)19(12-11-15(3)4)16(5)14-20-7-2/h7-10,13-15,19H,6,11-12H2,1-5H3/b16-14+,20-7-. The predicted octanol–water partition coefficient (Wildman–Crippen LogP) is 5.76. The molecule has 1 aromatic rings. The summed E-state index contributed by atoms with van der Waals surface area (Å²) < 4.78 is 0. The maximum absolute atomic E-state index is 4.30. The number of aryl methyl sites for hydroxylation is 1. The van der Waals surface area contributed by atoms with Gasteiger partial charge >= 0.3 is 0 Å². The largest absolute Gasteiger partial charge is 0.269 e. The molecule has 0 aliphatic heterocycles. The normalized spacial score (nSPS) is 14.2. The molecule has 0 spiro atoms. The summed E-state index contributed by atoms with van der Waals surface area (Å²) in [5.74, 6) is 1.24. The third-order valence-electron chi connectivity index (χ3n) is 3.77. The van der Waals surface area contributed by atoms with E-state index in [0.29, 0.717) is 5.92 Å². The molecule has 1 heteroatoms. The monoisotopic (exact) mass is 271 g/mol. The second kappa shape index (κ2) is 8.73. The molecule has 0 aliphatic rings. The summed E-state index contributed by atoms with van der Waals surface area (Å²) in [6.45, 7) is 11.0. The molecular formula is C19H29N. The molecule has 0 fully saturated rings. The molecule has 0 aromatic heterocycles. The van der Waals surface area contributed by atoms with Crippen LogP contribution in [0.4, 0.5) is 0 Å². The molecule has 0 heterocycles. The molecule has 20 heavy (non-hydrogen) atoms. The molecule has 0 N–H and O–H groups in total. The third-order valence-corrected chi connectivity index (χ3v) is 3.77. The van der Waals surface area contributed by atoms with Crippen molar-refractivity contribution in [3.8, 4) is 0 Å². The number of nitrogens with zero attached hydrogens (tertiary/aromatic N) is 1. The molecule has 0 radical (unpaired) electrons. The van der Waals surface area contributed by atoms with Gasteiger partial charge in [-0.2, -0.15) is 0 Å². The highest BCUT2D eigenvalue weighted by molar-refractivity contribution is 5.54. The lowest BCUT2D eigenvalue weighted by Crippen LogP contribution is -2.03. The van der Waals surface area contributed by atoms with Gasteiger partial charge in [-0.3, -0.25) is 4.99 Å². The summed E-state index contributed by atoms with van der Waals surface area (Å²) in [7, 11) is 0. The fourth-order valence-corrected chi connectivity index (χ4v) is 2.47. The number of aliphatic imine (C=N–C) groups is 1. The molecule has 0 amide bonds. The van der Waals surface area contributed by atoms with E-state index in [4.69, 9.17) is 0 Å². The van der Waals surface area contributed by atoms with Crippen LogP contribution in [-0.2, 0) is 6.42 Å². The molecular weight excluding hydrogens is 242 g/mol. The van der Waals surface area contributed by atoms with Crippen LogP contribution in [0.15, 0.2) is 41.0 Å². The number of allylic oxidation sites excluding steroid dienone is 1. The Bertz CT molecular complexity index is 455. The van der Waals surface area contributed by atoms with Gasteiger partial charge in [0.1, 0.15) is 0 Å². The van der Waals surface area contributed by atoms with Crippen LogP contribution in [0, 0.1) is 5.92 Å². The molecule has 1 atom stereocenters. The van der Waals surface area contributed by atoms with Crippen LogP contribution in [0.5, 0.6) is 0 Å². The highest BCUT2D eigenvalue weighted by Gasteiger charge is 2.14. The van der Waals surface area contributed by atoms with E-state index in [0.717, 1.165) is 12.3 Å². The van der Waals surface area contributed by atoms with Crippen LogP contribution < -0.4 is 0 Å². The van der Waals surface area contributed by atoms with E-state index < -0.39 is 0 Å². The minimum Gasteiger partial charge on any atom is -0.269 e. The molecule has 1 aromatic carbocycles. The van der Waals surface area contributed by atoms with Crippen molar-refractivity contribution in [2.75, 3.05) is 0 Å². The zero-order valence-corrected chi connectivity index (χ0v) is 13.7. The Balaban J connectivity index is 3.01. The number of hydrogen-bond acceptors (Lipinski definition) is 1. The van der Waals surface area contributed by atoms with Crippen molar-refractivity contribution in [1.82, 2.24) is 0 Å². The van der Waals surface area contributed by atoms with Gasteiger partial charge < -0.3 is 0 Å². The first kappa shape index (κ1) is 16.7. The summed E-state index contributed by atoms with van der Waals surface area (Å²) >= 11 is 0. The smallest absolute Gasteiger partial charge is 0.0259 e. The Labute approximate surface area is 124 Å². The van der Waals surface area contributed by atoms with E-state index in [9.17, 15) is 0 Å². The molecule has 1 rings (SSSR count). The van der Waals surface area contributed by atoms with Gasteiger partial charge in [0.05, 0.1) is 0 Å². The highest BCUT2D eigenvalue weighted by atomic mass is 14.7. The van der Waals surface area contributed by atoms with Crippen LogP contribution in [0.25, 0.3) is 0 Å². The summed E-state index contributed by atoms with van der Waals surface area (Å²) in [5, 5.41) is 0. The molecule has 0 saturated carbocycles. The van der Waals surface area contributed by atoms with Crippen LogP contribution in [0.3, 0.4) is 0 Å². The van der Waals surface area contributed by atoms with Crippen LogP contribution in [0.1, 0.15) is 64.5 Å². The van der Waals surface area contributed by atoms with Crippen molar-refractivity contribution in [1.29, 1.82) is 0 Å². The van der Waals surface area contributed by atoms with Crippen molar-refractivity contribution in [3.05, 3.63) is 47.2 Å². The molecule has 0 aliphatic carbocycles. The lowest BCUT2D eigenvalue weighted by molar-refractivity contribution is 0.525. The molecule has 0 saturated heterocycles. The average Bonchev–Trinajstić information content (AvgIpc) is 2.45. The molecule has 110 valence electrons. The van der Waals surface area contributed by atoms with Gasteiger partial charge in [-0.15, -0.1) is 0 Å². The number of benzene rings is 1. The van der Waals surface area contributed by atoms with Crippen molar-refractivity contribution in [2.45, 2.75) is 59.8 Å². The SMILES string of the molecule is C/C=N\C=C(/C)C(CCC(C)C)c1cccc(CC)c1. The first-order valence-corrected chi connectivity index (χ1v) is 7.81. The second-order valence-corrected chi connectivity index (χ2v) is 5.90. The van der Waals surface area contributed by atoms with E-state index in [2.05, 4.69) is 57.0 Å². The highest BCUT2D eigenvalue weighted by Crippen LogP contribution is 2.31. The van der Waals surface area contributed by atoms with Gasteiger partial charge in [0, 0.05) is 18.3 Å². The van der Waals surface area contributed by atoms with Crippen LogP contribution >= 0.6 is 0 Å². The maximum atomic E-state index is 4.30. The molecule has 0 bridgehead atoms. The third kappa shape index (κ3) is 5.32. The Morgan fingerprint density at radius 1 is 1.25 bits per heavy atom. The average molecular weight is 271 g/mol. The van der Waals surface area contributed by atoms with Crippen molar-refractivity contribution in [2.24, 2.45) is 10.9 Å². The quantitative estimate of drug-likeness (QED) is 0.559. The van der Waals surface area contributed by atoms with Gasteiger partial charge in [-0.05, 0) is 49.3 Å². The van der Waals surface area contributed by atoms with Crippen LogP contribution in [0.2, 0.25) is 0 Å². The summed E-state index contributed by atoms with van der Waals surface area (Å²) in [4.78, 5) is 4.30. The number of rotatable bonds is 7. The minimum atomic E-state index is 0.493. The lowest BCUT2D eigenvalue weighted by atomic mass is 9.85. The fourth-order valence-electron chi connectivity index (χ4n) is 2.47. The maximum Gasteiger partial charge on any atom is 0.0259 e. The van der Waals surface area contributed by atoms with Crippen molar-refractivity contribution >= 4 is 6.21 Å². The van der Waals surface area contributed by atoms with Gasteiger partial charge in [-0.25, -0.2) is 0 Å². The van der Waals surface area contributed by atoms with Gasteiger partial charge in [-0.1, -0.05) is 51.5 Å². The van der Waals surface area contributed by atoms with E-state index in [1.807, 2.05) is 19.3 Å². The Hall–Kier alpha value is -1.37. The lowest BCUT2D eigenvalue weighted by Gasteiger charge is -2.20. The zero-order chi connectivity index (χ0) is 15.0. The Kier molecular flexibility index (Phi) is 7.28. The fraction of sp³-hybridized carbons (Fsp3) is 0.526. The summed E-state index contributed by atoms with van der Waals surface area (Å²) in [5.41, 5.74) is 4.21. The second-order valence-electron chi connectivity index (χ2n) is 5.90. The topological polar surface area (TPSA) is 12.4 Å².